The van der Waals surface area contributed by atoms with Crippen LogP contribution in [-0.4, -0.2) is 11.9 Å². The van der Waals surface area contributed by atoms with E-state index in [4.69, 9.17) is 9.47 Å². The number of carbonyl (C=O) groups is 2. The first-order chi connectivity index (χ1) is 11.0. The monoisotopic (exact) mass is 308 g/mol. The van der Waals surface area contributed by atoms with Crippen LogP contribution in [0.1, 0.15) is 54.4 Å². The van der Waals surface area contributed by atoms with Gasteiger partial charge in [0.1, 0.15) is 23.3 Å². The largest absolute Gasteiger partial charge is 0.425 e. The third-order valence-corrected chi connectivity index (χ3v) is 4.02. The minimum absolute atomic E-state index is 0.0153. The summed E-state index contributed by atoms with van der Waals surface area (Å²) in [6.07, 6.45) is 4.70. The molecule has 6 heteroatoms. The maximum Gasteiger partial charge on any atom is 0.308 e. The van der Waals surface area contributed by atoms with Gasteiger partial charge in [-0.2, -0.15) is 10.5 Å². The fourth-order valence-electron chi connectivity index (χ4n) is 3.32. The lowest BCUT2D eigenvalue weighted by atomic mass is 9.89. The van der Waals surface area contributed by atoms with Crippen LogP contribution in [0.5, 0.6) is 11.5 Å². The Hall–Kier alpha value is -3.12. The molecule has 0 amide bonds. The van der Waals surface area contributed by atoms with E-state index in [1.54, 1.807) is 0 Å². The van der Waals surface area contributed by atoms with Crippen molar-refractivity contribution in [1.29, 1.82) is 10.5 Å². The Labute approximate surface area is 132 Å². The Morgan fingerprint density at radius 3 is 1.65 bits per heavy atom. The molecule has 0 heterocycles. The molecule has 3 rings (SSSR count). The molecule has 1 aromatic rings. The molecule has 2 atom stereocenters. The highest BCUT2D eigenvalue weighted by molar-refractivity contribution is 5.80. The van der Waals surface area contributed by atoms with Crippen molar-refractivity contribution < 1.29 is 19.1 Å². The summed E-state index contributed by atoms with van der Waals surface area (Å²) in [5.74, 6) is -0.949. The molecular weight excluding hydrogens is 296 g/mol. The average molecular weight is 308 g/mol. The zero-order valence-electron chi connectivity index (χ0n) is 12.5. The normalized spacial score (nSPS) is 19.7. The van der Waals surface area contributed by atoms with Crippen molar-refractivity contribution in [2.45, 2.75) is 32.1 Å². The number of allylic oxidation sites excluding steroid dienone is 2. The van der Waals surface area contributed by atoms with Gasteiger partial charge in [-0.25, -0.2) is 0 Å². The molecule has 0 aromatic heterocycles. The predicted molar refractivity (Wildman–Crippen MR) is 77.7 cm³/mol. The smallest absolute Gasteiger partial charge is 0.308 e. The quantitative estimate of drug-likeness (QED) is 0.472. The molecule has 0 fully saturated rings. The molecule has 0 aliphatic heterocycles. The van der Waals surface area contributed by atoms with Crippen LogP contribution in [-0.2, 0) is 9.59 Å². The van der Waals surface area contributed by atoms with Crippen LogP contribution < -0.4 is 9.47 Å². The number of hydrogen-bond acceptors (Lipinski definition) is 6. The number of nitrogens with zero attached hydrogens (tertiary/aromatic N) is 2. The summed E-state index contributed by atoms with van der Waals surface area (Å²) >= 11 is 0. The van der Waals surface area contributed by atoms with E-state index in [1.807, 2.05) is 24.3 Å². The lowest BCUT2D eigenvalue weighted by molar-refractivity contribution is -0.133. The number of ether oxygens (including phenoxy) is 2. The number of esters is 2. The van der Waals surface area contributed by atoms with Crippen molar-refractivity contribution in [2.24, 2.45) is 0 Å². The first kappa shape index (κ1) is 14.8. The molecule has 0 N–H and O–H groups in total. The van der Waals surface area contributed by atoms with Gasteiger partial charge in [-0.05, 0) is 6.42 Å². The van der Waals surface area contributed by atoms with Crippen molar-refractivity contribution in [1.82, 2.24) is 0 Å². The van der Waals surface area contributed by atoms with Crippen molar-refractivity contribution in [3.05, 3.63) is 34.4 Å². The van der Waals surface area contributed by atoms with Crippen LogP contribution in [0.15, 0.2) is 12.2 Å². The van der Waals surface area contributed by atoms with Gasteiger partial charge in [0.2, 0.25) is 0 Å². The first-order valence-corrected chi connectivity index (χ1v) is 7.07. The van der Waals surface area contributed by atoms with Crippen molar-refractivity contribution in [3.8, 4) is 23.6 Å². The number of hydrogen-bond donors (Lipinski definition) is 0. The number of rotatable bonds is 2. The van der Waals surface area contributed by atoms with Gasteiger partial charge in [-0.3, -0.25) is 9.59 Å². The van der Waals surface area contributed by atoms with Crippen molar-refractivity contribution >= 4 is 11.9 Å². The summed E-state index contributed by atoms with van der Waals surface area (Å²) in [6, 6.07) is 3.82. The van der Waals surface area contributed by atoms with E-state index in [2.05, 4.69) is 0 Å². The third kappa shape index (κ3) is 2.16. The van der Waals surface area contributed by atoms with Gasteiger partial charge in [-0.1, -0.05) is 12.2 Å². The Morgan fingerprint density at radius 2 is 1.35 bits per heavy atom. The zero-order valence-corrected chi connectivity index (χ0v) is 12.5. The standard InChI is InChI=1S/C17H12N2O4/c1-8(20)22-16-12(6-18)13(7-19)17(23-9(2)21)15-11-4-3-10(5-11)14(15)16/h3-4,10-11H,5H2,1-2H3. The van der Waals surface area contributed by atoms with Gasteiger partial charge in [-0.15, -0.1) is 0 Å². The molecule has 0 spiro atoms. The van der Waals surface area contributed by atoms with Crippen LogP contribution in [0, 0.1) is 22.7 Å². The molecule has 2 aliphatic carbocycles. The van der Waals surface area contributed by atoms with E-state index >= 15 is 0 Å². The Morgan fingerprint density at radius 1 is 0.957 bits per heavy atom. The number of benzene rings is 1. The van der Waals surface area contributed by atoms with Gasteiger partial charge < -0.3 is 9.47 Å². The van der Waals surface area contributed by atoms with E-state index in [-0.39, 0.29) is 34.5 Å². The van der Waals surface area contributed by atoms with Gasteiger partial charge in [0.15, 0.2) is 11.5 Å². The maximum absolute atomic E-state index is 11.4. The van der Waals surface area contributed by atoms with E-state index in [9.17, 15) is 20.1 Å². The van der Waals surface area contributed by atoms with Crippen LogP contribution in [0.25, 0.3) is 0 Å². The molecule has 23 heavy (non-hydrogen) atoms. The second-order valence-electron chi connectivity index (χ2n) is 5.48. The zero-order chi connectivity index (χ0) is 16.7. The lowest BCUT2D eigenvalue weighted by Gasteiger charge is -2.20. The summed E-state index contributed by atoms with van der Waals surface area (Å²) in [5.41, 5.74) is 1.19. The fraction of sp³-hybridized carbons (Fsp3) is 0.294. The van der Waals surface area contributed by atoms with Crippen LogP contribution in [0.3, 0.4) is 0 Å². The van der Waals surface area contributed by atoms with Crippen LogP contribution >= 0.6 is 0 Å². The topological polar surface area (TPSA) is 100 Å². The lowest BCUT2D eigenvalue weighted by Crippen LogP contribution is -2.13. The summed E-state index contributed by atoms with van der Waals surface area (Å²) in [6.45, 7) is 2.48. The fourth-order valence-corrected chi connectivity index (χ4v) is 3.32. The van der Waals surface area contributed by atoms with Gasteiger partial charge >= 0.3 is 11.9 Å². The SMILES string of the molecule is CC(=O)Oc1c(C#N)c(C#N)c(OC(C)=O)c2c1C1C=CC2C1. The Kier molecular flexibility index (Phi) is 3.38. The summed E-state index contributed by atoms with van der Waals surface area (Å²) in [7, 11) is 0. The highest BCUT2D eigenvalue weighted by Gasteiger charge is 2.42. The molecule has 2 unspecified atom stereocenters. The molecular formula is C17H12N2O4. The summed E-state index contributed by atoms with van der Waals surface area (Å²) in [4.78, 5) is 22.9. The van der Waals surface area contributed by atoms with Crippen molar-refractivity contribution in [2.75, 3.05) is 0 Å². The van der Waals surface area contributed by atoms with Crippen LogP contribution in [0.4, 0.5) is 0 Å². The van der Waals surface area contributed by atoms with Gasteiger partial charge in [0, 0.05) is 36.8 Å². The third-order valence-electron chi connectivity index (χ3n) is 4.02. The molecule has 1 aromatic carbocycles. The molecule has 0 radical (unpaired) electrons. The van der Waals surface area contributed by atoms with Gasteiger partial charge in [0.05, 0.1) is 0 Å². The highest BCUT2D eigenvalue weighted by atomic mass is 16.5. The first-order valence-electron chi connectivity index (χ1n) is 7.07. The second kappa shape index (κ2) is 5.26. The van der Waals surface area contributed by atoms with E-state index in [0.29, 0.717) is 11.1 Å². The summed E-state index contributed by atoms with van der Waals surface area (Å²) in [5, 5.41) is 18.9. The second-order valence-corrected chi connectivity index (χ2v) is 5.48. The predicted octanol–water partition coefficient (Wildman–Crippen LogP) is 2.42. The molecule has 6 nitrogen and oxygen atoms in total. The maximum atomic E-state index is 11.4. The Balaban J connectivity index is 2.37. The van der Waals surface area contributed by atoms with Crippen LogP contribution in [0.2, 0.25) is 0 Å². The highest BCUT2D eigenvalue weighted by Crippen LogP contribution is 2.57. The molecule has 0 saturated heterocycles. The van der Waals surface area contributed by atoms with E-state index in [1.165, 1.54) is 13.8 Å². The van der Waals surface area contributed by atoms with Gasteiger partial charge in [0.25, 0.3) is 0 Å². The average Bonchev–Trinajstić information content (AvgIpc) is 3.09. The molecule has 0 saturated carbocycles. The summed E-state index contributed by atoms with van der Waals surface area (Å²) < 4.78 is 10.5. The number of nitriles is 2. The number of carbonyl (C=O) groups excluding carboxylic acids is 2. The molecule has 2 bridgehead atoms. The van der Waals surface area contributed by atoms with Crippen molar-refractivity contribution in [3.63, 3.8) is 0 Å². The van der Waals surface area contributed by atoms with E-state index < -0.39 is 11.9 Å². The molecule has 114 valence electrons. The minimum Gasteiger partial charge on any atom is -0.425 e. The molecule has 2 aliphatic rings. The van der Waals surface area contributed by atoms with E-state index in [0.717, 1.165) is 6.42 Å². The number of fused-ring (bicyclic) bond motifs is 5. The Bertz CT molecular complexity index is 786. The minimum atomic E-state index is -0.570.